The molecule has 0 aliphatic carbocycles. The number of aliphatic hydroxyl groups excluding tert-OH is 1. The molecule has 1 aliphatic rings. The summed E-state index contributed by atoms with van der Waals surface area (Å²) in [5.74, 6) is 2.28. The number of benzene rings is 1. The third-order valence-corrected chi connectivity index (χ3v) is 4.30. The molecule has 122 valence electrons. The van der Waals surface area contributed by atoms with Gasteiger partial charge in [0.25, 0.3) is 0 Å². The van der Waals surface area contributed by atoms with Crippen LogP contribution in [-0.2, 0) is 26.1 Å². The lowest BCUT2D eigenvalue weighted by atomic mass is 10.1. The molecule has 0 fully saturated rings. The molecule has 3 aromatic rings. The van der Waals surface area contributed by atoms with Gasteiger partial charge in [0.15, 0.2) is 5.82 Å². The zero-order valence-corrected chi connectivity index (χ0v) is 13.4. The Morgan fingerprint density at radius 1 is 1.08 bits per heavy atom. The highest BCUT2D eigenvalue weighted by atomic mass is 16.4. The first-order chi connectivity index (χ1) is 11.8. The van der Waals surface area contributed by atoms with Gasteiger partial charge in [-0.15, -0.1) is 0 Å². The van der Waals surface area contributed by atoms with E-state index in [1.54, 1.807) is 0 Å². The number of furan rings is 1. The van der Waals surface area contributed by atoms with Crippen molar-refractivity contribution in [1.29, 1.82) is 0 Å². The lowest BCUT2D eigenvalue weighted by Crippen LogP contribution is -2.30. The second-order valence-electron chi connectivity index (χ2n) is 6.02. The fourth-order valence-electron chi connectivity index (χ4n) is 3.05. The number of fused-ring (bicyclic) bond motifs is 1. The Morgan fingerprint density at radius 2 is 1.92 bits per heavy atom. The average molecular weight is 321 g/mol. The molecule has 0 radical (unpaired) electrons. The summed E-state index contributed by atoms with van der Waals surface area (Å²) in [5.41, 5.74) is 3.36. The van der Waals surface area contributed by atoms with Crippen molar-refractivity contribution in [1.82, 2.24) is 14.9 Å². The minimum atomic E-state index is -0.0566. The van der Waals surface area contributed by atoms with Crippen LogP contribution in [0.1, 0.15) is 22.8 Å². The van der Waals surface area contributed by atoms with Crippen molar-refractivity contribution in [3.63, 3.8) is 0 Å². The van der Waals surface area contributed by atoms with Gasteiger partial charge in [0.2, 0.25) is 0 Å². The quantitative estimate of drug-likeness (QED) is 0.800. The fourth-order valence-corrected chi connectivity index (χ4v) is 3.05. The standard InChI is InChI=1S/C19H19N3O2/c23-13-17-7-6-16(24-17)12-22-9-8-18-15(11-22)10-20-19(21-18)14-4-2-1-3-5-14/h1-7,10,23H,8-9,11-13H2. The van der Waals surface area contributed by atoms with Crippen LogP contribution in [-0.4, -0.2) is 26.5 Å². The SMILES string of the molecule is OCc1ccc(CN2CCc3nc(-c4ccccc4)ncc3C2)o1. The lowest BCUT2D eigenvalue weighted by molar-refractivity contribution is 0.207. The highest BCUT2D eigenvalue weighted by molar-refractivity contribution is 5.54. The van der Waals surface area contributed by atoms with Gasteiger partial charge in [-0.1, -0.05) is 30.3 Å². The average Bonchev–Trinajstić information content (AvgIpc) is 3.09. The summed E-state index contributed by atoms with van der Waals surface area (Å²) in [6.07, 6.45) is 2.85. The molecule has 0 unspecified atom stereocenters. The summed E-state index contributed by atoms with van der Waals surface area (Å²) in [5, 5.41) is 9.08. The molecule has 2 aromatic heterocycles. The molecule has 0 bridgehead atoms. The first kappa shape index (κ1) is 15.1. The van der Waals surface area contributed by atoms with Crippen molar-refractivity contribution in [3.8, 4) is 11.4 Å². The largest absolute Gasteiger partial charge is 0.462 e. The molecule has 0 atom stereocenters. The molecule has 4 rings (SSSR count). The molecule has 1 aromatic carbocycles. The van der Waals surface area contributed by atoms with E-state index >= 15 is 0 Å². The van der Waals surface area contributed by atoms with Crippen LogP contribution in [0.3, 0.4) is 0 Å². The van der Waals surface area contributed by atoms with Crippen molar-refractivity contribution in [2.75, 3.05) is 6.54 Å². The highest BCUT2D eigenvalue weighted by Crippen LogP contribution is 2.22. The van der Waals surface area contributed by atoms with Crippen LogP contribution >= 0.6 is 0 Å². The zero-order chi connectivity index (χ0) is 16.4. The number of hydrogen-bond acceptors (Lipinski definition) is 5. The van der Waals surface area contributed by atoms with Gasteiger partial charge in [0.05, 0.1) is 12.2 Å². The van der Waals surface area contributed by atoms with E-state index in [2.05, 4.69) is 9.88 Å². The molecule has 0 saturated carbocycles. The normalized spacial score (nSPS) is 14.5. The Balaban J connectivity index is 1.49. The Morgan fingerprint density at radius 3 is 2.71 bits per heavy atom. The van der Waals surface area contributed by atoms with E-state index in [9.17, 15) is 0 Å². The van der Waals surface area contributed by atoms with E-state index in [1.165, 1.54) is 5.56 Å². The van der Waals surface area contributed by atoms with E-state index in [4.69, 9.17) is 14.5 Å². The van der Waals surface area contributed by atoms with Gasteiger partial charge < -0.3 is 9.52 Å². The van der Waals surface area contributed by atoms with Crippen molar-refractivity contribution in [3.05, 3.63) is 71.4 Å². The van der Waals surface area contributed by atoms with Crippen LogP contribution in [0.5, 0.6) is 0 Å². The number of aromatic nitrogens is 2. The first-order valence-electron chi connectivity index (χ1n) is 8.13. The van der Waals surface area contributed by atoms with Crippen LogP contribution in [0.4, 0.5) is 0 Å². The summed E-state index contributed by atoms with van der Waals surface area (Å²) in [4.78, 5) is 11.6. The third-order valence-electron chi connectivity index (χ3n) is 4.30. The van der Waals surface area contributed by atoms with Gasteiger partial charge >= 0.3 is 0 Å². The summed E-state index contributed by atoms with van der Waals surface area (Å²) in [7, 11) is 0. The van der Waals surface area contributed by atoms with E-state index in [0.29, 0.717) is 5.76 Å². The second kappa shape index (κ2) is 6.55. The molecule has 5 nitrogen and oxygen atoms in total. The Hall–Kier alpha value is -2.50. The van der Waals surface area contributed by atoms with Crippen LogP contribution < -0.4 is 0 Å². The number of aliphatic hydroxyl groups is 1. The second-order valence-corrected chi connectivity index (χ2v) is 6.02. The Bertz CT molecular complexity index is 830. The number of rotatable bonds is 4. The van der Waals surface area contributed by atoms with Crippen molar-refractivity contribution in [2.45, 2.75) is 26.1 Å². The van der Waals surface area contributed by atoms with E-state index in [0.717, 1.165) is 48.9 Å². The Labute approximate surface area is 140 Å². The molecule has 1 aliphatic heterocycles. The minimum Gasteiger partial charge on any atom is -0.462 e. The predicted molar refractivity (Wildman–Crippen MR) is 89.9 cm³/mol. The predicted octanol–water partition coefficient (Wildman–Crippen LogP) is 2.79. The summed E-state index contributed by atoms with van der Waals surface area (Å²) in [6, 6.07) is 13.8. The van der Waals surface area contributed by atoms with Gasteiger partial charge in [-0.25, -0.2) is 9.97 Å². The lowest BCUT2D eigenvalue weighted by Gasteiger charge is -2.27. The fraction of sp³-hybridized carbons (Fsp3) is 0.263. The van der Waals surface area contributed by atoms with Crippen LogP contribution in [0.25, 0.3) is 11.4 Å². The molecule has 1 N–H and O–H groups in total. The summed E-state index contributed by atoms with van der Waals surface area (Å²) < 4.78 is 5.58. The van der Waals surface area contributed by atoms with Crippen LogP contribution in [0, 0.1) is 0 Å². The molecule has 0 spiro atoms. The maximum Gasteiger partial charge on any atom is 0.159 e. The maximum absolute atomic E-state index is 9.08. The molecular formula is C19H19N3O2. The maximum atomic E-state index is 9.08. The molecule has 5 heteroatoms. The minimum absolute atomic E-state index is 0.0566. The third kappa shape index (κ3) is 3.09. The van der Waals surface area contributed by atoms with Gasteiger partial charge in [-0.3, -0.25) is 4.90 Å². The molecule has 3 heterocycles. The smallest absolute Gasteiger partial charge is 0.159 e. The van der Waals surface area contributed by atoms with Crippen molar-refractivity contribution >= 4 is 0 Å². The van der Waals surface area contributed by atoms with Gasteiger partial charge in [-0.2, -0.15) is 0 Å². The monoisotopic (exact) mass is 321 g/mol. The van der Waals surface area contributed by atoms with E-state index in [1.807, 2.05) is 48.7 Å². The molecule has 0 saturated heterocycles. The molecule has 24 heavy (non-hydrogen) atoms. The number of hydrogen-bond donors (Lipinski definition) is 1. The van der Waals surface area contributed by atoms with Crippen LogP contribution in [0.2, 0.25) is 0 Å². The van der Waals surface area contributed by atoms with E-state index < -0.39 is 0 Å². The van der Waals surface area contributed by atoms with E-state index in [-0.39, 0.29) is 6.61 Å². The summed E-state index contributed by atoms with van der Waals surface area (Å²) in [6.45, 7) is 2.44. The topological polar surface area (TPSA) is 62.4 Å². The zero-order valence-electron chi connectivity index (χ0n) is 13.4. The van der Waals surface area contributed by atoms with Gasteiger partial charge in [-0.05, 0) is 12.1 Å². The first-order valence-corrected chi connectivity index (χ1v) is 8.13. The Kier molecular flexibility index (Phi) is 4.11. The van der Waals surface area contributed by atoms with Crippen molar-refractivity contribution < 1.29 is 9.52 Å². The summed E-state index contributed by atoms with van der Waals surface area (Å²) >= 11 is 0. The highest BCUT2D eigenvalue weighted by Gasteiger charge is 2.19. The molecular weight excluding hydrogens is 302 g/mol. The van der Waals surface area contributed by atoms with Crippen LogP contribution in [0.15, 0.2) is 53.1 Å². The molecule has 0 amide bonds. The number of nitrogens with zero attached hydrogens (tertiary/aromatic N) is 3. The van der Waals surface area contributed by atoms with Gasteiger partial charge in [0, 0.05) is 36.8 Å². The van der Waals surface area contributed by atoms with Gasteiger partial charge in [0.1, 0.15) is 18.1 Å². The van der Waals surface area contributed by atoms with Crippen molar-refractivity contribution in [2.24, 2.45) is 0 Å².